The molecule has 1 aromatic carbocycles. The topological polar surface area (TPSA) is 45.2 Å². The van der Waals surface area contributed by atoms with Gasteiger partial charge in [-0.25, -0.2) is 4.98 Å². The van der Waals surface area contributed by atoms with Crippen molar-refractivity contribution in [2.45, 2.75) is 56.8 Å². The number of halogens is 3. The van der Waals surface area contributed by atoms with Crippen LogP contribution in [0.5, 0.6) is 0 Å². The van der Waals surface area contributed by atoms with E-state index in [4.69, 9.17) is 0 Å². The van der Waals surface area contributed by atoms with Gasteiger partial charge in [-0.1, -0.05) is 24.3 Å². The van der Waals surface area contributed by atoms with E-state index in [-0.39, 0.29) is 23.8 Å². The highest BCUT2D eigenvalue weighted by Gasteiger charge is 2.44. The van der Waals surface area contributed by atoms with E-state index < -0.39 is 12.7 Å². The molecule has 0 spiro atoms. The number of amides is 1. The quantitative estimate of drug-likeness (QED) is 0.745. The first-order valence-corrected chi connectivity index (χ1v) is 9.96. The van der Waals surface area contributed by atoms with Gasteiger partial charge in [-0.3, -0.25) is 4.79 Å². The van der Waals surface area contributed by atoms with Crippen molar-refractivity contribution in [2.24, 2.45) is 0 Å². The van der Waals surface area contributed by atoms with Crippen molar-refractivity contribution in [3.63, 3.8) is 0 Å². The van der Waals surface area contributed by atoms with E-state index in [1.165, 1.54) is 23.4 Å². The van der Waals surface area contributed by atoms with Crippen LogP contribution in [0.25, 0.3) is 0 Å². The number of anilines is 1. The number of hydrogen-bond donors (Lipinski definition) is 1. The summed E-state index contributed by atoms with van der Waals surface area (Å²) in [6.45, 7) is 0.969. The molecule has 1 heterocycles. The molecule has 0 atom stereocenters. The van der Waals surface area contributed by atoms with E-state index >= 15 is 0 Å². The fourth-order valence-corrected chi connectivity index (χ4v) is 4.06. The third-order valence-corrected chi connectivity index (χ3v) is 5.79. The standard InChI is InChI=1S/C22H24F3N3O/c1-14-4-2-3-5-19(14)16-10-18(11-16)28(17-7-8-17)21(29)15-6-9-20(26-12-15)27-13-22(23,24)25/h2-6,9,12,16-18H,7-8,10-11,13H2,1H3,(H,26,27). The molecule has 154 valence electrons. The maximum absolute atomic E-state index is 13.1. The number of carbonyl (C=O) groups excluding carboxylic acids is 1. The molecule has 2 aliphatic carbocycles. The second-order valence-electron chi connectivity index (χ2n) is 8.02. The minimum absolute atomic E-state index is 0.0735. The van der Waals surface area contributed by atoms with Crippen LogP contribution in [0.2, 0.25) is 0 Å². The summed E-state index contributed by atoms with van der Waals surface area (Å²) < 4.78 is 36.9. The Morgan fingerprint density at radius 3 is 2.45 bits per heavy atom. The number of nitrogens with one attached hydrogen (secondary N) is 1. The Labute approximate surface area is 168 Å². The molecule has 0 radical (unpaired) electrons. The molecule has 4 rings (SSSR count). The van der Waals surface area contributed by atoms with Crippen LogP contribution in [-0.2, 0) is 0 Å². The molecule has 29 heavy (non-hydrogen) atoms. The molecule has 1 amide bonds. The molecule has 0 aliphatic heterocycles. The van der Waals surface area contributed by atoms with Crippen LogP contribution in [0.4, 0.5) is 19.0 Å². The fraction of sp³-hybridized carbons (Fsp3) is 0.455. The maximum Gasteiger partial charge on any atom is 0.405 e. The van der Waals surface area contributed by atoms with Gasteiger partial charge < -0.3 is 10.2 Å². The van der Waals surface area contributed by atoms with E-state index in [0.29, 0.717) is 11.5 Å². The van der Waals surface area contributed by atoms with Gasteiger partial charge in [0, 0.05) is 18.3 Å². The molecule has 0 saturated heterocycles. The zero-order chi connectivity index (χ0) is 20.6. The van der Waals surface area contributed by atoms with Crippen molar-refractivity contribution >= 4 is 11.7 Å². The lowest BCUT2D eigenvalue weighted by Crippen LogP contribution is -2.48. The number of nitrogens with zero attached hydrogens (tertiary/aromatic N) is 2. The van der Waals surface area contributed by atoms with Gasteiger partial charge in [0.15, 0.2) is 0 Å². The first-order valence-electron chi connectivity index (χ1n) is 9.96. The van der Waals surface area contributed by atoms with E-state index in [2.05, 4.69) is 35.4 Å². The van der Waals surface area contributed by atoms with Crippen molar-refractivity contribution < 1.29 is 18.0 Å². The van der Waals surface area contributed by atoms with Crippen LogP contribution in [-0.4, -0.2) is 40.6 Å². The molecule has 0 bridgehead atoms. The van der Waals surface area contributed by atoms with E-state index in [0.717, 1.165) is 25.7 Å². The summed E-state index contributed by atoms with van der Waals surface area (Å²) in [5, 5.41) is 2.23. The van der Waals surface area contributed by atoms with Gasteiger partial charge in [-0.05, 0) is 61.8 Å². The third-order valence-electron chi connectivity index (χ3n) is 5.79. The number of hydrogen-bond acceptors (Lipinski definition) is 3. The Balaban J connectivity index is 1.41. The predicted molar refractivity (Wildman–Crippen MR) is 105 cm³/mol. The van der Waals surface area contributed by atoms with Crippen LogP contribution >= 0.6 is 0 Å². The van der Waals surface area contributed by atoms with Gasteiger partial charge >= 0.3 is 6.18 Å². The highest BCUT2D eigenvalue weighted by atomic mass is 19.4. The van der Waals surface area contributed by atoms with E-state index in [9.17, 15) is 18.0 Å². The Bertz CT molecular complexity index is 872. The van der Waals surface area contributed by atoms with Gasteiger partial charge in [0.05, 0.1) is 5.56 Å². The van der Waals surface area contributed by atoms with Crippen molar-refractivity contribution in [1.82, 2.24) is 9.88 Å². The predicted octanol–water partition coefficient (Wildman–Crippen LogP) is 4.92. The Morgan fingerprint density at radius 1 is 1.14 bits per heavy atom. The summed E-state index contributed by atoms with van der Waals surface area (Å²) in [6.07, 6.45) is 0.980. The van der Waals surface area contributed by atoms with Crippen LogP contribution in [0.1, 0.15) is 53.1 Å². The van der Waals surface area contributed by atoms with Crippen molar-refractivity contribution in [3.8, 4) is 0 Å². The molecule has 2 saturated carbocycles. The molecule has 2 fully saturated rings. The number of rotatable bonds is 6. The lowest BCUT2D eigenvalue weighted by atomic mass is 9.73. The van der Waals surface area contributed by atoms with Crippen LogP contribution in [0, 0.1) is 6.92 Å². The molecule has 4 nitrogen and oxygen atoms in total. The number of alkyl halides is 3. The first kappa shape index (κ1) is 19.7. The highest BCUT2D eigenvalue weighted by Crippen LogP contribution is 2.44. The molecule has 1 N–H and O–H groups in total. The summed E-state index contributed by atoms with van der Waals surface area (Å²) in [5.41, 5.74) is 3.06. The lowest BCUT2D eigenvalue weighted by molar-refractivity contribution is -0.115. The minimum atomic E-state index is -4.31. The van der Waals surface area contributed by atoms with Gasteiger partial charge in [-0.2, -0.15) is 13.2 Å². The monoisotopic (exact) mass is 403 g/mol. The highest BCUT2D eigenvalue weighted by molar-refractivity contribution is 5.94. The number of carbonyl (C=O) groups is 1. The zero-order valence-corrected chi connectivity index (χ0v) is 16.2. The van der Waals surface area contributed by atoms with Crippen molar-refractivity contribution in [2.75, 3.05) is 11.9 Å². The minimum Gasteiger partial charge on any atom is -0.361 e. The van der Waals surface area contributed by atoms with E-state index in [1.807, 2.05) is 11.0 Å². The molecular formula is C22H24F3N3O. The fourth-order valence-electron chi connectivity index (χ4n) is 4.06. The van der Waals surface area contributed by atoms with Crippen LogP contribution in [0.3, 0.4) is 0 Å². The Kier molecular flexibility index (Phi) is 5.23. The molecular weight excluding hydrogens is 379 g/mol. The number of benzene rings is 1. The molecule has 0 unspecified atom stereocenters. The maximum atomic E-state index is 13.1. The van der Waals surface area contributed by atoms with Crippen molar-refractivity contribution in [1.29, 1.82) is 0 Å². The second-order valence-corrected chi connectivity index (χ2v) is 8.02. The lowest BCUT2D eigenvalue weighted by Gasteiger charge is -2.44. The van der Waals surface area contributed by atoms with Crippen LogP contribution in [0.15, 0.2) is 42.6 Å². The van der Waals surface area contributed by atoms with Gasteiger partial charge in [0.1, 0.15) is 12.4 Å². The SMILES string of the molecule is Cc1ccccc1C1CC(N(C(=O)c2ccc(NCC(F)(F)F)nc2)C2CC2)C1. The van der Waals surface area contributed by atoms with Gasteiger partial charge in [0.25, 0.3) is 5.91 Å². The summed E-state index contributed by atoms with van der Waals surface area (Å²) in [6, 6.07) is 11.8. The van der Waals surface area contributed by atoms with Crippen LogP contribution < -0.4 is 5.32 Å². The number of pyridine rings is 1. The first-order chi connectivity index (χ1) is 13.8. The number of aryl methyl sites for hydroxylation is 1. The molecule has 1 aromatic heterocycles. The Hall–Kier alpha value is -2.57. The van der Waals surface area contributed by atoms with Gasteiger partial charge in [0.2, 0.25) is 0 Å². The zero-order valence-electron chi connectivity index (χ0n) is 16.2. The van der Waals surface area contributed by atoms with Gasteiger partial charge in [-0.15, -0.1) is 0 Å². The molecule has 2 aliphatic rings. The van der Waals surface area contributed by atoms with Crippen molar-refractivity contribution in [3.05, 3.63) is 59.3 Å². The average Bonchev–Trinajstić information content (AvgIpc) is 3.48. The summed E-state index contributed by atoms with van der Waals surface area (Å²) in [5.74, 6) is 0.512. The molecule has 7 heteroatoms. The second kappa shape index (κ2) is 7.69. The normalized spacial score (nSPS) is 21.4. The van der Waals surface area contributed by atoms with E-state index in [1.54, 1.807) is 6.07 Å². The largest absolute Gasteiger partial charge is 0.405 e. The summed E-state index contributed by atoms with van der Waals surface area (Å²) in [4.78, 5) is 19.0. The molecule has 2 aromatic rings. The third kappa shape index (κ3) is 4.54. The smallest absolute Gasteiger partial charge is 0.361 e. The number of aromatic nitrogens is 1. The Morgan fingerprint density at radius 2 is 1.86 bits per heavy atom. The average molecular weight is 403 g/mol. The summed E-state index contributed by atoms with van der Waals surface area (Å²) in [7, 11) is 0. The summed E-state index contributed by atoms with van der Waals surface area (Å²) >= 11 is 0.